The van der Waals surface area contributed by atoms with Crippen LogP contribution in [0.15, 0.2) is 18.2 Å². The molecule has 0 atom stereocenters. The third-order valence-electron chi connectivity index (χ3n) is 3.38. The van der Waals surface area contributed by atoms with E-state index in [4.69, 9.17) is 10.5 Å². The first kappa shape index (κ1) is 14.5. The normalized spacial score (nSPS) is 16.6. The van der Waals surface area contributed by atoms with Crippen LogP contribution in [-0.4, -0.2) is 30.4 Å². The van der Waals surface area contributed by atoms with Gasteiger partial charge in [-0.15, -0.1) is 0 Å². The molecule has 0 saturated carbocycles. The first-order valence-electron chi connectivity index (χ1n) is 6.79. The highest BCUT2D eigenvalue weighted by Crippen LogP contribution is 2.38. The number of hydrogen-bond donors (Lipinski definition) is 1. The maximum absolute atomic E-state index is 12.3. The summed E-state index contributed by atoms with van der Waals surface area (Å²) in [7, 11) is 0. The predicted molar refractivity (Wildman–Crippen MR) is 77.2 cm³/mol. The molecule has 1 aliphatic rings. The Bertz CT molecular complexity index is 552. The molecule has 2 rings (SSSR count). The van der Waals surface area contributed by atoms with Gasteiger partial charge in [-0.2, -0.15) is 0 Å². The van der Waals surface area contributed by atoms with Crippen molar-refractivity contribution in [2.75, 3.05) is 18.0 Å². The fraction of sp³-hybridized carbons (Fsp3) is 0.467. The van der Waals surface area contributed by atoms with Crippen LogP contribution in [0.5, 0.6) is 5.75 Å². The van der Waals surface area contributed by atoms with Gasteiger partial charge < -0.3 is 15.4 Å². The summed E-state index contributed by atoms with van der Waals surface area (Å²) in [6.07, 6.45) is 0.297. The first-order chi connectivity index (χ1) is 9.40. The van der Waals surface area contributed by atoms with Crippen LogP contribution in [0.3, 0.4) is 0 Å². The Hall–Kier alpha value is -1.88. The number of carbonyl (C=O) groups excluding carboxylic acids is 2. The van der Waals surface area contributed by atoms with Crippen LogP contribution in [0.1, 0.15) is 37.6 Å². The van der Waals surface area contributed by atoms with E-state index in [0.29, 0.717) is 36.5 Å². The summed E-state index contributed by atoms with van der Waals surface area (Å²) in [5.41, 5.74) is 5.73. The van der Waals surface area contributed by atoms with Gasteiger partial charge in [0.05, 0.1) is 5.69 Å². The molecule has 2 N–H and O–H groups in total. The molecule has 1 aliphatic heterocycles. The van der Waals surface area contributed by atoms with Crippen LogP contribution in [-0.2, 0) is 4.79 Å². The van der Waals surface area contributed by atoms with Gasteiger partial charge in [-0.3, -0.25) is 9.59 Å². The van der Waals surface area contributed by atoms with E-state index in [2.05, 4.69) is 0 Å². The van der Waals surface area contributed by atoms with Crippen molar-refractivity contribution < 1.29 is 14.3 Å². The third-order valence-corrected chi connectivity index (χ3v) is 3.38. The number of ether oxygens (including phenoxy) is 1. The quantitative estimate of drug-likeness (QED) is 0.850. The molecule has 0 saturated heterocycles. The van der Waals surface area contributed by atoms with Crippen LogP contribution in [0.4, 0.5) is 5.69 Å². The average molecular weight is 276 g/mol. The van der Waals surface area contributed by atoms with Crippen molar-refractivity contribution in [1.82, 2.24) is 0 Å². The predicted octanol–water partition coefficient (Wildman–Crippen LogP) is 1.74. The monoisotopic (exact) mass is 276 g/mol. The molecule has 5 nitrogen and oxygen atoms in total. The molecule has 1 aromatic carbocycles. The topological polar surface area (TPSA) is 72.6 Å². The molecule has 1 amide bonds. The Morgan fingerprint density at radius 3 is 2.70 bits per heavy atom. The molecule has 108 valence electrons. The van der Waals surface area contributed by atoms with Gasteiger partial charge in [0, 0.05) is 18.5 Å². The Morgan fingerprint density at radius 2 is 2.10 bits per heavy atom. The highest BCUT2D eigenvalue weighted by atomic mass is 16.5. The van der Waals surface area contributed by atoms with Crippen molar-refractivity contribution in [2.45, 2.75) is 32.8 Å². The molecule has 5 heteroatoms. The summed E-state index contributed by atoms with van der Waals surface area (Å²) in [6, 6.07) is 5.18. The van der Waals surface area contributed by atoms with Crippen LogP contribution in [0.2, 0.25) is 0 Å². The SMILES string of the molecule is CCN1C(=O)C(C)(C)Oc2ccc(C(=O)CCN)cc21. The second kappa shape index (κ2) is 5.25. The highest BCUT2D eigenvalue weighted by Gasteiger charge is 2.40. The molecule has 0 fully saturated rings. The standard InChI is InChI=1S/C15H20N2O3/c1-4-17-11-9-10(12(18)7-8-16)5-6-13(11)20-15(2,3)14(17)19/h5-6,9H,4,7-8,16H2,1-3H3. The lowest BCUT2D eigenvalue weighted by Gasteiger charge is -2.38. The van der Waals surface area contributed by atoms with Gasteiger partial charge in [-0.1, -0.05) is 0 Å². The van der Waals surface area contributed by atoms with Gasteiger partial charge in [0.1, 0.15) is 5.75 Å². The summed E-state index contributed by atoms with van der Waals surface area (Å²) in [5, 5.41) is 0. The Labute approximate surface area is 118 Å². The minimum atomic E-state index is -0.883. The summed E-state index contributed by atoms with van der Waals surface area (Å²) in [5.74, 6) is 0.500. The van der Waals surface area contributed by atoms with Crippen molar-refractivity contribution in [3.05, 3.63) is 23.8 Å². The van der Waals surface area contributed by atoms with E-state index in [1.54, 1.807) is 36.9 Å². The van der Waals surface area contributed by atoms with Crippen molar-refractivity contribution >= 4 is 17.4 Å². The molecule has 0 aliphatic carbocycles. The fourth-order valence-corrected chi connectivity index (χ4v) is 2.33. The Kier molecular flexibility index (Phi) is 3.81. The zero-order valence-corrected chi connectivity index (χ0v) is 12.1. The van der Waals surface area contributed by atoms with Crippen LogP contribution < -0.4 is 15.4 Å². The van der Waals surface area contributed by atoms with Crippen molar-refractivity contribution in [3.8, 4) is 5.75 Å². The summed E-state index contributed by atoms with van der Waals surface area (Å²) in [4.78, 5) is 25.9. The number of carbonyl (C=O) groups is 2. The number of nitrogens with two attached hydrogens (primary N) is 1. The maximum Gasteiger partial charge on any atom is 0.270 e. The van der Waals surface area contributed by atoms with E-state index in [9.17, 15) is 9.59 Å². The van der Waals surface area contributed by atoms with E-state index in [1.165, 1.54) is 0 Å². The number of Topliss-reactive ketones (excluding diaryl/α,β-unsaturated/α-hetero) is 1. The van der Waals surface area contributed by atoms with E-state index in [-0.39, 0.29) is 11.7 Å². The van der Waals surface area contributed by atoms with E-state index < -0.39 is 5.60 Å². The van der Waals surface area contributed by atoms with Crippen molar-refractivity contribution in [1.29, 1.82) is 0 Å². The van der Waals surface area contributed by atoms with Gasteiger partial charge in [0.25, 0.3) is 5.91 Å². The molecule has 0 spiro atoms. The van der Waals surface area contributed by atoms with Crippen LogP contribution >= 0.6 is 0 Å². The summed E-state index contributed by atoms with van der Waals surface area (Å²) >= 11 is 0. The number of amides is 1. The lowest BCUT2D eigenvalue weighted by molar-refractivity contribution is -0.132. The first-order valence-corrected chi connectivity index (χ1v) is 6.79. The fourth-order valence-electron chi connectivity index (χ4n) is 2.33. The molecule has 1 aromatic rings. The minimum Gasteiger partial charge on any atom is -0.476 e. The zero-order valence-electron chi connectivity index (χ0n) is 12.1. The zero-order chi connectivity index (χ0) is 14.9. The van der Waals surface area contributed by atoms with Gasteiger partial charge in [-0.05, 0) is 45.5 Å². The van der Waals surface area contributed by atoms with Gasteiger partial charge in [0.2, 0.25) is 0 Å². The summed E-state index contributed by atoms with van der Waals surface area (Å²) < 4.78 is 5.73. The number of fused-ring (bicyclic) bond motifs is 1. The summed E-state index contributed by atoms with van der Waals surface area (Å²) in [6.45, 7) is 6.24. The van der Waals surface area contributed by atoms with Gasteiger partial charge >= 0.3 is 0 Å². The van der Waals surface area contributed by atoms with E-state index in [1.807, 2.05) is 6.92 Å². The Balaban J connectivity index is 2.45. The number of anilines is 1. The average Bonchev–Trinajstić information content (AvgIpc) is 2.40. The molecule has 0 unspecified atom stereocenters. The lowest BCUT2D eigenvalue weighted by Crippen LogP contribution is -2.52. The highest BCUT2D eigenvalue weighted by molar-refractivity contribution is 6.04. The second-order valence-electron chi connectivity index (χ2n) is 5.31. The number of nitrogens with zero attached hydrogens (tertiary/aromatic N) is 1. The molecular weight excluding hydrogens is 256 g/mol. The Morgan fingerprint density at radius 1 is 1.40 bits per heavy atom. The maximum atomic E-state index is 12.3. The number of ketones is 1. The number of hydrogen-bond acceptors (Lipinski definition) is 4. The molecule has 0 bridgehead atoms. The molecular formula is C15H20N2O3. The molecule has 1 heterocycles. The molecule has 20 heavy (non-hydrogen) atoms. The van der Waals surface area contributed by atoms with Gasteiger partial charge in [-0.25, -0.2) is 0 Å². The number of rotatable bonds is 4. The van der Waals surface area contributed by atoms with Crippen molar-refractivity contribution in [2.24, 2.45) is 5.73 Å². The lowest BCUT2D eigenvalue weighted by atomic mass is 10.0. The van der Waals surface area contributed by atoms with Crippen LogP contribution in [0.25, 0.3) is 0 Å². The third kappa shape index (κ3) is 2.41. The second-order valence-corrected chi connectivity index (χ2v) is 5.31. The number of likely N-dealkylation sites (N-methyl/N-ethyl adjacent to an activating group) is 1. The largest absolute Gasteiger partial charge is 0.476 e. The van der Waals surface area contributed by atoms with E-state index >= 15 is 0 Å². The minimum absolute atomic E-state index is 0.0244. The van der Waals surface area contributed by atoms with Gasteiger partial charge in [0.15, 0.2) is 11.4 Å². The smallest absolute Gasteiger partial charge is 0.270 e. The van der Waals surface area contributed by atoms with Crippen molar-refractivity contribution in [3.63, 3.8) is 0 Å². The molecule has 0 aromatic heterocycles. The van der Waals surface area contributed by atoms with E-state index in [0.717, 1.165) is 0 Å². The molecule has 0 radical (unpaired) electrons. The number of benzene rings is 1. The van der Waals surface area contributed by atoms with Crippen LogP contribution in [0, 0.1) is 0 Å².